The minimum Gasteiger partial charge on any atom is -0.497 e. The first kappa shape index (κ1) is 20.4. The van der Waals surface area contributed by atoms with Crippen LogP contribution in [0, 0.1) is 5.92 Å². The molecule has 2 aliphatic rings. The lowest BCUT2D eigenvalue weighted by molar-refractivity contribution is 0.102. The summed E-state index contributed by atoms with van der Waals surface area (Å²) in [6.07, 6.45) is 5.42. The first-order chi connectivity index (χ1) is 15.6. The molecule has 32 heavy (non-hydrogen) atoms. The zero-order valence-electron chi connectivity index (χ0n) is 17.9. The van der Waals surface area contributed by atoms with Gasteiger partial charge < -0.3 is 14.6 Å². The Kier molecular flexibility index (Phi) is 5.45. The zero-order chi connectivity index (χ0) is 22.1. The Balaban J connectivity index is 1.33. The van der Waals surface area contributed by atoms with Crippen molar-refractivity contribution in [1.29, 1.82) is 0 Å². The normalized spacial score (nSPS) is 19.8. The van der Waals surface area contributed by atoms with E-state index >= 15 is 0 Å². The molecule has 0 saturated carbocycles. The van der Waals surface area contributed by atoms with Gasteiger partial charge in [0.25, 0.3) is 11.5 Å². The Bertz CT molecular complexity index is 1180. The lowest BCUT2D eigenvalue weighted by atomic mass is 9.83. The summed E-state index contributed by atoms with van der Waals surface area (Å²) in [5, 5.41) is 2.70. The predicted octanol–water partition coefficient (Wildman–Crippen LogP) is 2.52. The number of benzene rings is 1. The topological polar surface area (TPSA) is 89.3 Å². The zero-order valence-corrected chi connectivity index (χ0v) is 17.9. The summed E-state index contributed by atoms with van der Waals surface area (Å²) in [7, 11) is 1.67. The van der Waals surface area contributed by atoms with Crippen LogP contribution in [0.1, 0.15) is 34.1 Å². The van der Waals surface area contributed by atoms with Gasteiger partial charge in [-0.3, -0.25) is 19.5 Å². The van der Waals surface area contributed by atoms with Gasteiger partial charge in [-0.25, -0.2) is 4.98 Å². The second kappa shape index (κ2) is 8.55. The van der Waals surface area contributed by atoms with E-state index in [4.69, 9.17) is 4.74 Å². The molecule has 1 amide bonds. The number of hydrogen-bond acceptors (Lipinski definition) is 6. The molecule has 1 aromatic carbocycles. The number of hydrogen-bond donors (Lipinski definition) is 1. The Labute approximate surface area is 185 Å². The number of methoxy groups -OCH3 is 1. The summed E-state index contributed by atoms with van der Waals surface area (Å²) in [4.78, 5) is 35.9. The molecule has 2 bridgehead atoms. The van der Waals surface area contributed by atoms with Crippen LogP contribution in [0.3, 0.4) is 0 Å². The number of rotatable bonds is 5. The van der Waals surface area contributed by atoms with E-state index in [1.54, 1.807) is 13.2 Å². The standard InChI is InChI=1S/C24H25N5O3/c1-32-19-4-2-16(3-5-19)12-28-13-17-10-18(15-28)22-7-6-20(24(31)29(22)14-17)27-23(30)21-11-25-8-9-26-21/h2-9,11,17-18H,10,12-15H2,1H3,(H,27,30)/t17-,18+/m0/s1. The minimum atomic E-state index is -0.433. The number of carbonyl (C=O) groups is 1. The highest BCUT2D eigenvalue weighted by Crippen LogP contribution is 2.36. The predicted molar refractivity (Wildman–Crippen MR) is 120 cm³/mol. The van der Waals surface area contributed by atoms with Crippen LogP contribution in [0.25, 0.3) is 0 Å². The first-order valence-corrected chi connectivity index (χ1v) is 10.8. The van der Waals surface area contributed by atoms with Crippen LogP contribution in [0.4, 0.5) is 5.69 Å². The number of ether oxygens (including phenoxy) is 1. The molecule has 2 aliphatic heterocycles. The number of likely N-dealkylation sites (tertiary alicyclic amines) is 1. The van der Waals surface area contributed by atoms with Crippen molar-refractivity contribution in [2.45, 2.75) is 25.4 Å². The van der Waals surface area contributed by atoms with Gasteiger partial charge in [-0.2, -0.15) is 0 Å². The highest BCUT2D eigenvalue weighted by Gasteiger charge is 2.35. The number of amides is 1. The molecule has 164 valence electrons. The van der Waals surface area contributed by atoms with Crippen molar-refractivity contribution in [2.24, 2.45) is 5.92 Å². The average Bonchev–Trinajstić information content (AvgIpc) is 2.82. The number of carbonyl (C=O) groups excluding carboxylic acids is 1. The molecule has 0 aliphatic carbocycles. The van der Waals surface area contributed by atoms with Gasteiger partial charge in [-0.15, -0.1) is 0 Å². The van der Waals surface area contributed by atoms with E-state index in [-0.39, 0.29) is 16.9 Å². The summed E-state index contributed by atoms with van der Waals surface area (Å²) in [6.45, 7) is 3.41. The van der Waals surface area contributed by atoms with Gasteiger partial charge in [-0.05, 0) is 42.2 Å². The maximum Gasteiger partial charge on any atom is 0.276 e. The molecule has 2 aromatic heterocycles. The summed E-state index contributed by atoms with van der Waals surface area (Å²) in [5.74, 6) is 1.14. The quantitative estimate of drug-likeness (QED) is 0.668. The van der Waals surface area contributed by atoms with Crippen molar-refractivity contribution >= 4 is 11.6 Å². The van der Waals surface area contributed by atoms with Gasteiger partial charge in [0.2, 0.25) is 0 Å². The fourth-order valence-corrected chi connectivity index (χ4v) is 4.86. The van der Waals surface area contributed by atoms with Gasteiger partial charge in [0.05, 0.1) is 13.3 Å². The molecule has 4 heterocycles. The molecule has 1 N–H and O–H groups in total. The Morgan fingerprint density at radius 1 is 1.12 bits per heavy atom. The molecule has 1 saturated heterocycles. The highest BCUT2D eigenvalue weighted by atomic mass is 16.5. The maximum atomic E-state index is 13.1. The molecule has 3 aromatic rings. The van der Waals surface area contributed by atoms with Crippen LogP contribution in [-0.4, -0.2) is 45.5 Å². The summed E-state index contributed by atoms with van der Waals surface area (Å²) >= 11 is 0. The van der Waals surface area contributed by atoms with E-state index in [1.807, 2.05) is 22.8 Å². The first-order valence-electron chi connectivity index (χ1n) is 10.8. The fourth-order valence-electron chi connectivity index (χ4n) is 4.86. The van der Waals surface area contributed by atoms with Crippen molar-refractivity contribution in [2.75, 3.05) is 25.5 Å². The number of fused-ring (bicyclic) bond motifs is 4. The molecule has 0 unspecified atom stereocenters. The fraction of sp³-hybridized carbons (Fsp3) is 0.333. The minimum absolute atomic E-state index is 0.155. The van der Waals surface area contributed by atoms with E-state index in [2.05, 4.69) is 32.3 Å². The Hall–Kier alpha value is -3.52. The Morgan fingerprint density at radius 3 is 2.72 bits per heavy atom. The molecular formula is C24H25N5O3. The van der Waals surface area contributed by atoms with Gasteiger partial charge in [0.1, 0.15) is 17.1 Å². The maximum absolute atomic E-state index is 13.1. The number of nitrogens with zero attached hydrogens (tertiary/aromatic N) is 4. The second-order valence-corrected chi connectivity index (χ2v) is 8.47. The third kappa shape index (κ3) is 4.01. The van der Waals surface area contributed by atoms with Crippen LogP contribution < -0.4 is 15.6 Å². The average molecular weight is 431 g/mol. The number of nitrogens with one attached hydrogen (secondary N) is 1. The smallest absolute Gasteiger partial charge is 0.276 e. The van der Waals surface area contributed by atoms with Crippen molar-refractivity contribution < 1.29 is 9.53 Å². The van der Waals surface area contributed by atoms with Crippen LogP contribution in [0.15, 0.2) is 59.8 Å². The molecule has 0 radical (unpaired) electrons. The molecule has 5 rings (SSSR count). The van der Waals surface area contributed by atoms with E-state index in [0.29, 0.717) is 18.4 Å². The largest absolute Gasteiger partial charge is 0.497 e. The van der Waals surface area contributed by atoms with E-state index < -0.39 is 5.91 Å². The summed E-state index contributed by atoms with van der Waals surface area (Å²) in [6, 6.07) is 11.9. The molecule has 0 spiro atoms. The number of piperidine rings is 1. The second-order valence-electron chi connectivity index (χ2n) is 8.47. The van der Waals surface area contributed by atoms with Crippen LogP contribution >= 0.6 is 0 Å². The van der Waals surface area contributed by atoms with Crippen LogP contribution in [0.2, 0.25) is 0 Å². The van der Waals surface area contributed by atoms with Gasteiger partial charge in [0, 0.05) is 50.2 Å². The van der Waals surface area contributed by atoms with Gasteiger partial charge in [-0.1, -0.05) is 12.1 Å². The van der Waals surface area contributed by atoms with E-state index in [0.717, 1.165) is 37.5 Å². The molecule has 2 atom stereocenters. The van der Waals surface area contributed by atoms with Crippen LogP contribution in [-0.2, 0) is 13.1 Å². The van der Waals surface area contributed by atoms with Crippen molar-refractivity contribution in [3.63, 3.8) is 0 Å². The molecule has 8 heteroatoms. The monoisotopic (exact) mass is 431 g/mol. The lowest BCUT2D eigenvalue weighted by Crippen LogP contribution is -2.47. The number of pyridine rings is 1. The van der Waals surface area contributed by atoms with E-state index in [9.17, 15) is 9.59 Å². The summed E-state index contributed by atoms with van der Waals surface area (Å²) < 4.78 is 7.09. The highest BCUT2D eigenvalue weighted by molar-refractivity contribution is 6.02. The van der Waals surface area contributed by atoms with E-state index in [1.165, 1.54) is 24.2 Å². The lowest BCUT2D eigenvalue weighted by Gasteiger charge is -2.43. The van der Waals surface area contributed by atoms with Crippen molar-refractivity contribution in [1.82, 2.24) is 19.4 Å². The third-order valence-corrected chi connectivity index (χ3v) is 6.29. The van der Waals surface area contributed by atoms with Crippen LogP contribution in [0.5, 0.6) is 5.75 Å². The van der Waals surface area contributed by atoms with Crippen molar-refractivity contribution in [3.8, 4) is 5.75 Å². The SMILES string of the molecule is COc1ccc(CN2C[C@@H]3C[C@H](C2)c2ccc(NC(=O)c4cnccn4)c(=O)n2C3)cc1. The van der Waals surface area contributed by atoms with Gasteiger partial charge in [0.15, 0.2) is 0 Å². The molecular weight excluding hydrogens is 406 g/mol. The summed E-state index contributed by atoms with van der Waals surface area (Å²) in [5.41, 5.74) is 2.60. The number of aromatic nitrogens is 3. The third-order valence-electron chi connectivity index (χ3n) is 6.29. The molecule has 8 nitrogen and oxygen atoms in total. The number of anilines is 1. The Morgan fingerprint density at radius 2 is 1.97 bits per heavy atom. The van der Waals surface area contributed by atoms with Gasteiger partial charge >= 0.3 is 0 Å². The molecule has 1 fully saturated rings. The van der Waals surface area contributed by atoms with Crippen molar-refractivity contribution in [3.05, 3.63) is 82.3 Å².